The van der Waals surface area contributed by atoms with Crippen molar-refractivity contribution in [3.05, 3.63) is 35.9 Å². The third-order valence-corrected chi connectivity index (χ3v) is 3.92. The van der Waals surface area contributed by atoms with E-state index in [1.54, 1.807) is 6.82 Å². The Labute approximate surface area is 107 Å². The topological polar surface area (TPSA) is 60.8 Å². The SMILES string of the molecule is CB(O)N1CCC(C(=O)O)(c2ccccc2)CC1. The molecular weight excluding hydrogens is 229 g/mol. The molecule has 2 rings (SSSR count). The highest BCUT2D eigenvalue weighted by molar-refractivity contribution is 6.45. The van der Waals surface area contributed by atoms with E-state index in [0.29, 0.717) is 25.9 Å². The Bertz CT molecular complexity index is 414. The largest absolute Gasteiger partial charge is 0.481 e. The number of hydrogen-bond acceptors (Lipinski definition) is 3. The van der Waals surface area contributed by atoms with E-state index in [-0.39, 0.29) is 0 Å². The lowest BCUT2D eigenvalue weighted by Crippen LogP contribution is -2.51. The molecule has 0 aliphatic carbocycles. The van der Waals surface area contributed by atoms with Crippen molar-refractivity contribution in [2.45, 2.75) is 25.1 Å². The molecule has 0 spiro atoms. The summed E-state index contributed by atoms with van der Waals surface area (Å²) in [6.45, 7) is 2.94. The number of aliphatic carboxylic acids is 1. The maximum absolute atomic E-state index is 11.7. The number of benzene rings is 1. The number of carboxylic acid groups (broad SMARTS) is 1. The fraction of sp³-hybridized carbons (Fsp3) is 0.462. The summed E-state index contributed by atoms with van der Waals surface area (Å²) in [5.41, 5.74) is 0.0647. The summed E-state index contributed by atoms with van der Waals surface area (Å²) in [4.78, 5) is 13.6. The predicted molar refractivity (Wildman–Crippen MR) is 70.4 cm³/mol. The normalized spacial score (nSPS) is 19.4. The fourth-order valence-electron chi connectivity index (χ4n) is 2.66. The second-order valence-electron chi connectivity index (χ2n) is 4.92. The van der Waals surface area contributed by atoms with Crippen LogP contribution in [0.2, 0.25) is 6.82 Å². The maximum Gasteiger partial charge on any atom is 0.376 e. The van der Waals surface area contributed by atoms with Crippen LogP contribution in [0.5, 0.6) is 0 Å². The van der Waals surface area contributed by atoms with Gasteiger partial charge in [0.05, 0.1) is 5.41 Å². The highest BCUT2D eigenvalue weighted by Crippen LogP contribution is 2.35. The predicted octanol–water partition coefficient (Wildman–Crippen LogP) is 1.22. The van der Waals surface area contributed by atoms with Crippen molar-refractivity contribution >= 4 is 13.0 Å². The summed E-state index contributed by atoms with van der Waals surface area (Å²) < 4.78 is 0. The number of nitrogens with zero attached hydrogens (tertiary/aromatic N) is 1. The number of carboxylic acids is 1. The molecule has 0 unspecified atom stereocenters. The Morgan fingerprint density at radius 1 is 1.28 bits per heavy atom. The summed E-state index contributed by atoms with van der Waals surface area (Å²) in [5, 5.41) is 19.1. The number of hydrogen-bond donors (Lipinski definition) is 2. The average molecular weight is 247 g/mol. The van der Waals surface area contributed by atoms with Gasteiger partial charge in [-0.3, -0.25) is 4.79 Å². The van der Waals surface area contributed by atoms with Crippen molar-refractivity contribution < 1.29 is 14.9 Å². The van der Waals surface area contributed by atoms with Crippen molar-refractivity contribution in [1.29, 1.82) is 0 Å². The van der Waals surface area contributed by atoms with E-state index >= 15 is 0 Å². The van der Waals surface area contributed by atoms with Gasteiger partial charge in [0.15, 0.2) is 0 Å². The van der Waals surface area contributed by atoms with Gasteiger partial charge in [-0.05, 0) is 38.3 Å². The molecule has 0 amide bonds. The molecule has 2 N–H and O–H groups in total. The van der Waals surface area contributed by atoms with Crippen LogP contribution >= 0.6 is 0 Å². The molecule has 0 saturated carbocycles. The molecule has 0 radical (unpaired) electrons. The molecule has 1 aromatic rings. The molecular formula is C13H18BNO3. The summed E-state index contributed by atoms with van der Waals surface area (Å²) in [5.74, 6) is -0.765. The van der Waals surface area contributed by atoms with Crippen molar-refractivity contribution in [3.8, 4) is 0 Å². The molecule has 1 aliphatic heterocycles. The van der Waals surface area contributed by atoms with Crippen LogP contribution in [0.1, 0.15) is 18.4 Å². The first-order chi connectivity index (χ1) is 8.56. The van der Waals surface area contributed by atoms with Crippen LogP contribution in [0.4, 0.5) is 0 Å². The first kappa shape index (κ1) is 13.1. The van der Waals surface area contributed by atoms with E-state index in [4.69, 9.17) is 0 Å². The molecule has 96 valence electrons. The van der Waals surface area contributed by atoms with Crippen molar-refractivity contribution in [2.24, 2.45) is 0 Å². The Balaban J connectivity index is 2.24. The molecule has 1 aromatic carbocycles. The smallest absolute Gasteiger partial charge is 0.376 e. The molecule has 4 nitrogen and oxygen atoms in total. The van der Waals surface area contributed by atoms with Gasteiger partial charge in [0.25, 0.3) is 0 Å². The summed E-state index contributed by atoms with van der Waals surface area (Å²) in [6, 6.07) is 9.41. The van der Waals surface area contributed by atoms with Gasteiger partial charge in [0.2, 0.25) is 0 Å². The minimum Gasteiger partial charge on any atom is -0.481 e. The van der Waals surface area contributed by atoms with E-state index in [2.05, 4.69) is 0 Å². The van der Waals surface area contributed by atoms with E-state index in [1.165, 1.54) is 0 Å². The Kier molecular flexibility index (Phi) is 3.73. The second kappa shape index (κ2) is 5.12. The third kappa shape index (κ3) is 2.28. The van der Waals surface area contributed by atoms with Gasteiger partial charge >= 0.3 is 13.0 Å². The summed E-state index contributed by atoms with van der Waals surface area (Å²) in [6.07, 6.45) is 1.08. The molecule has 0 aromatic heterocycles. The maximum atomic E-state index is 11.7. The Hall–Kier alpha value is -1.33. The van der Waals surface area contributed by atoms with Gasteiger partial charge in [0.1, 0.15) is 0 Å². The molecule has 5 heteroatoms. The van der Waals surface area contributed by atoms with Crippen molar-refractivity contribution in [1.82, 2.24) is 4.81 Å². The molecule has 18 heavy (non-hydrogen) atoms. The Morgan fingerprint density at radius 3 is 2.28 bits per heavy atom. The zero-order valence-electron chi connectivity index (χ0n) is 10.5. The van der Waals surface area contributed by atoms with Crippen LogP contribution in [-0.2, 0) is 10.2 Å². The second-order valence-corrected chi connectivity index (χ2v) is 4.92. The summed E-state index contributed by atoms with van der Waals surface area (Å²) >= 11 is 0. The van der Waals surface area contributed by atoms with E-state index < -0.39 is 18.4 Å². The van der Waals surface area contributed by atoms with Gasteiger partial charge in [-0.15, -0.1) is 0 Å². The molecule has 1 aliphatic rings. The minimum absolute atomic E-state index is 0.507. The van der Waals surface area contributed by atoms with E-state index in [1.807, 2.05) is 35.1 Å². The molecule has 1 heterocycles. The van der Waals surface area contributed by atoms with Gasteiger partial charge in [-0.25, -0.2) is 0 Å². The lowest BCUT2D eigenvalue weighted by molar-refractivity contribution is -0.145. The average Bonchev–Trinajstić information content (AvgIpc) is 2.39. The number of carbonyl (C=O) groups is 1. The zero-order chi connectivity index (χ0) is 13.2. The highest BCUT2D eigenvalue weighted by atomic mass is 16.4. The fourth-order valence-corrected chi connectivity index (χ4v) is 2.66. The van der Waals surface area contributed by atoms with Gasteiger partial charge in [0, 0.05) is 0 Å². The highest BCUT2D eigenvalue weighted by Gasteiger charge is 2.43. The summed E-state index contributed by atoms with van der Waals surface area (Å²) in [7, 11) is -0.507. The van der Waals surface area contributed by atoms with Crippen molar-refractivity contribution in [2.75, 3.05) is 13.1 Å². The molecule has 1 saturated heterocycles. The number of piperidine rings is 1. The van der Waals surface area contributed by atoms with Gasteiger partial charge in [-0.2, -0.15) is 0 Å². The van der Waals surface area contributed by atoms with Crippen LogP contribution in [-0.4, -0.2) is 41.1 Å². The quantitative estimate of drug-likeness (QED) is 0.788. The standard InChI is InChI=1S/C13H18BNO3/c1-14(18)15-9-7-13(8-10-15,12(16)17)11-5-3-2-4-6-11/h2-6,18H,7-10H2,1H3,(H,16,17). The molecule has 1 fully saturated rings. The first-order valence-electron chi connectivity index (χ1n) is 6.27. The van der Waals surface area contributed by atoms with E-state index in [0.717, 1.165) is 5.56 Å². The van der Waals surface area contributed by atoms with Crippen LogP contribution in [0.25, 0.3) is 0 Å². The van der Waals surface area contributed by atoms with Crippen LogP contribution in [0.15, 0.2) is 30.3 Å². The first-order valence-corrected chi connectivity index (χ1v) is 6.27. The number of rotatable bonds is 3. The molecule has 0 atom stereocenters. The van der Waals surface area contributed by atoms with E-state index in [9.17, 15) is 14.9 Å². The van der Waals surface area contributed by atoms with Crippen molar-refractivity contribution in [3.63, 3.8) is 0 Å². The Morgan fingerprint density at radius 2 is 1.83 bits per heavy atom. The van der Waals surface area contributed by atoms with Gasteiger partial charge in [-0.1, -0.05) is 30.3 Å². The zero-order valence-corrected chi connectivity index (χ0v) is 10.5. The molecule has 0 bridgehead atoms. The monoisotopic (exact) mass is 247 g/mol. The third-order valence-electron chi connectivity index (χ3n) is 3.92. The van der Waals surface area contributed by atoms with Crippen LogP contribution < -0.4 is 0 Å². The van der Waals surface area contributed by atoms with Crippen LogP contribution in [0, 0.1) is 0 Å². The van der Waals surface area contributed by atoms with Crippen LogP contribution in [0.3, 0.4) is 0 Å². The lowest BCUT2D eigenvalue weighted by Gasteiger charge is -2.39. The minimum atomic E-state index is -0.799. The lowest BCUT2D eigenvalue weighted by atomic mass is 9.70. The van der Waals surface area contributed by atoms with Gasteiger partial charge < -0.3 is 14.9 Å².